The predicted octanol–water partition coefficient (Wildman–Crippen LogP) is 3.42. The Hall–Kier alpha value is -3.00. The number of ether oxygens (including phenoxy) is 1. The van der Waals surface area contributed by atoms with Crippen LogP contribution in [0, 0.1) is 6.92 Å². The van der Waals surface area contributed by atoms with E-state index >= 15 is 0 Å². The SMILES string of the molecule is Cc1cc(=O)oc2cc(OCc3nnnn3-c3ccc(Br)cc3)ccc12. The van der Waals surface area contributed by atoms with Gasteiger partial charge >= 0.3 is 5.63 Å². The monoisotopic (exact) mass is 412 g/mol. The first-order chi connectivity index (χ1) is 12.6. The molecule has 0 spiro atoms. The summed E-state index contributed by atoms with van der Waals surface area (Å²) < 4.78 is 13.6. The van der Waals surface area contributed by atoms with Crippen molar-refractivity contribution in [1.82, 2.24) is 20.2 Å². The molecule has 2 aromatic heterocycles. The Balaban J connectivity index is 1.58. The van der Waals surface area contributed by atoms with Crippen LogP contribution >= 0.6 is 15.9 Å². The number of tetrazole rings is 1. The minimum absolute atomic E-state index is 0.171. The maximum Gasteiger partial charge on any atom is 0.336 e. The zero-order valence-electron chi connectivity index (χ0n) is 13.7. The topological polar surface area (TPSA) is 83.0 Å². The maximum atomic E-state index is 11.5. The lowest BCUT2D eigenvalue weighted by Crippen LogP contribution is -2.07. The van der Waals surface area contributed by atoms with Gasteiger partial charge in [-0.05, 0) is 59.3 Å². The number of benzene rings is 2. The van der Waals surface area contributed by atoms with E-state index in [2.05, 4.69) is 31.5 Å². The van der Waals surface area contributed by atoms with Crippen LogP contribution in [0.25, 0.3) is 16.7 Å². The molecular weight excluding hydrogens is 400 g/mol. The largest absolute Gasteiger partial charge is 0.485 e. The molecule has 0 aliphatic heterocycles. The fourth-order valence-electron chi connectivity index (χ4n) is 2.62. The third kappa shape index (κ3) is 3.23. The Kier molecular flexibility index (Phi) is 4.26. The summed E-state index contributed by atoms with van der Waals surface area (Å²) in [6.07, 6.45) is 0. The first kappa shape index (κ1) is 16.5. The molecule has 2 heterocycles. The summed E-state index contributed by atoms with van der Waals surface area (Å²) in [5.74, 6) is 1.12. The van der Waals surface area contributed by atoms with Gasteiger partial charge in [-0.25, -0.2) is 4.79 Å². The van der Waals surface area contributed by atoms with Crippen LogP contribution < -0.4 is 10.4 Å². The molecular formula is C18H13BrN4O3. The zero-order chi connectivity index (χ0) is 18.1. The van der Waals surface area contributed by atoms with Gasteiger partial charge in [-0.15, -0.1) is 5.10 Å². The van der Waals surface area contributed by atoms with Crippen LogP contribution in [0.5, 0.6) is 5.75 Å². The molecule has 0 bridgehead atoms. The normalized spacial score (nSPS) is 11.0. The lowest BCUT2D eigenvalue weighted by Gasteiger charge is -2.08. The molecule has 0 atom stereocenters. The molecule has 0 amide bonds. The van der Waals surface area contributed by atoms with Gasteiger partial charge in [0.05, 0.1) is 5.69 Å². The minimum Gasteiger partial charge on any atom is -0.485 e. The van der Waals surface area contributed by atoms with Gasteiger partial charge in [0.1, 0.15) is 17.9 Å². The second kappa shape index (κ2) is 6.72. The number of hydrogen-bond acceptors (Lipinski definition) is 6. The van der Waals surface area contributed by atoms with Crippen LogP contribution in [-0.2, 0) is 6.61 Å². The van der Waals surface area contributed by atoms with Gasteiger partial charge in [-0.1, -0.05) is 15.9 Å². The minimum atomic E-state index is -0.383. The second-order valence-electron chi connectivity index (χ2n) is 5.68. The van der Waals surface area contributed by atoms with Gasteiger partial charge in [0.25, 0.3) is 0 Å². The molecule has 7 nitrogen and oxygen atoms in total. The third-order valence-electron chi connectivity index (χ3n) is 3.90. The van der Waals surface area contributed by atoms with Crippen LogP contribution in [0.1, 0.15) is 11.4 Å². The highest BCUT2D eigenvalue weighted by Crippen LogP contribution is 2.23. The lowest BCUT2D eigenvalue weighted by molar-refractivity contribution is 0.292. The average molecular weight is 413 g/mol. The van der Waals surface area contributed by atoms with Crippen molar-refractivity contribution in [1.29, 1.82) is 0 Å². The molecule has 0 aliphatic carbocycles. The standard InChI is InChI=1S/C18H13BrN4O3/c1-11-8-18(24)26-16-9-14(6-7-15(11)16)25-10-17-20-21-22-23(17)13-4-2-12(19)3-5-13/h2-9H,10H2,1H3. The van der Waals surface area contributed by atoms with Crippen molar-refractivity contribution in [3.63, 3.8) is 0 Å². The molecule has 0 saturated heterocycles. The highest BCUT2D eigenvalue weighted by molar-refractivity contribution is 9.10. The van der Waals surface area contributed by atoms with E-state index in [0.29, 0.717) is 17.2 Å². The molecule has 0 unspecified atom stereocenters. The van der Waals surface area contributed by atoms with Crippen molar-refractivity contribution in [3.05, 3.63) is 74.8 Å². The number of aromatic nitrogens is 4. The number of aryl methyl sites for hydroxylation is 1. The Morgan fingerprint density at radius 2 is 1.96 bits per heavy atom. The predicted molar refractivity (Wildman–Crippen MR) is 98.4 cm³/mol. The van der Waals surface area contributed by atoms with Gasteiger partial charge in [-0.3, -0.25) is 0 Å². The van der Waals surface area contributed by atoms with Gasteiger partial charge in [0.15, 0.2) is 5.82 Å². The van der Waals surface area contributed by atoms with Crippen LogP contribution in [0.4, 0.5) is 0 Å². The molecule has 130 valence electrons. The Labute approximate surface area is 156 Å². The van der Waals surface area contributed by atoms with E-state index in [-0.39, 0.29) is 12.2 Å². The number of rotatable bonds is 4. The van der Waals surface area contributed by atoms with Gasteiger partial charge < -0.3 is 9.15 Å². The first-order valence-electron chi connectivity index (χ1n) is 7.81. The molecule has 0 N–H and O–H groups in total. The molecule has 8 heteroatoms. The van der Waals surface area contributed by atoms with Gasteiger partial charge in [0.2, 0.25) is 0 Å². The smallest absolute Gasteiger partial charge is 0.336 e. The van der Waals surface area contributed by atoms with Gasteiger partial charge in [-0.2, -0.15) is 4.68 Å². The van der Waals surface area contributed by atoms with Crippen molar-refractivity contribution in [2.45, 2.75) is 13.5 Å². The van der Waals surface area contributed by atoms with Crippen LogP contribution in [0.15, 0.2) is 62.2 Å². The van der Waals surface area contributed by atoms with Crippen LogP contribution in [0.3, 0.4) is 0 Å². The Bertz CT molecular complexity index is 1140. The lowest BCUT2D eigenvalue weighted by atomic mass is 10.1. The summed E-state index contributed by atoms with van der Waals surface area (Å²) >= 11 is 3.40. The summed E-state index contributed by atoms with van der Waals surface area (Å²) in [4.78, 5) is 11.5. The Morgan fingerprint density at radius 1 is 1.15 bits per heavy atom. The Morgan fingerprint density at radius 3 is 2.77 bits per heavy atom. The number of hydrogen-bond donors (Lipinski definition) is 0. The van der Waals surface area contributed by atoms with Crippen molar-refractivity contribution >= 4 is 26.9 Å². The van der Waals surface area contributed by atoms with Crippen molar-refractivity contribution < 1.29 is 9.15 Å². The number of halogens is 1. The van der Waals surface area contributed by atoms with E-state index in [1.807, 2.05) is 43.3 Å². The molecule has 0 aliphatic rings. The van der Waals surface area contributed by atoms with E-state index in [4.69, 9.17) is 9.15 Å². The second-order valence-corrected chi connectivity index (χ2v) is 6.59. The van der Waals surface area contributed by atoms with Gasteiger partial charge in [0, 0.05) is 22.0 Å². The van der Waals surface area contributed by atoms with Crippen molar-refractivity contribution in [2.75, 3.05) is 0 Å². The summed E-state index contributed by atoms with van der Waals surface area (Å²) in [6, 6.07) is 14.5. The average Bonchev–Trinajstić information content (AvgIpc) is 3.08. The van der Waals surface area contributed by atoms with E-state index in [0.717, 1.165) is 21.1 Å². The quantitative estimate of drug-likeness (QED) is 0.477. The van der Waals surface area contributed by atoms with E-state index in [1.165, 1.54) is 6.07 Å². The molecule has 2 aromatic carbocycles. The zero-order valence-corrected chi connectivity index (χ0v) is 15.3. The number of fused-ring (bicyclic) bond motifs is 1. The van der Waals surface area contributed by atoms with E-state index < -0.39 is 0 Å². The number of nitrogens with zero attached hydrogens (tertiary/aromatic N) is 4. The fourth-order valence-corrected chi connectivity index (χ4v) is 2.89. The van der Waals surface area contributed by atoms with Crippen LogP contribution in [-0.4, -0.2) is 20.2 Å². The highest BCUT2D eigenvalue weighted by Gasteiger charge is 2.10. The molecule has 0 fully saturated rings. The third-order valence-corrected chi connectivity index (χ3v) is 4.42. The van der Waals surface area contributed by atoms with Crippen LogP contribution in [0.2, 0.25) is 0 Å². The summed E-state index contributed by atoms with van der Waals surface area (Å²) in [5, 5.41) is 12.6. The summed E-state index contributed by atoms with van der Waals surface area (Å²) in [7, 11) is 0. The molecule has 26 heavy (non-hydrogen) atoms. The molecule has 4 rings (SSSR count). The first-order valence-corrected chi connectivity index (χ1v) is 8.60. The molecule has 0 saturated carbocycles. The van der Waals surface area contributed by atoms with Crippen molar-refractivity contribution in [3.8, 4) is 11.4 Å². The highest BCUT2D eigenvalue weighted by atomic mass is 79.9. The fraction of sp³-hybridized carbons (Fsp3) is 0.111. The summed E-state index contributed by atoms with van der Waals surface area (Å²) in [5.41, 5.74) is 1.80. The van der Waals surface area contributed by atoms with E-state index in [1.54, 1.807) is 10.7 Å². The van der Waals surface area contributed by atoms with Crippen molar-refractivity contribution in [2.24, 2.45) is 0 Å². The van der Waals surface area contributed by atoms with E-state index in [9.17, 15) is 4.79 Å². The summed E-state index contributed by atoms with van der Waals surface area (Å²) in [6.45, 7) is 2.04. The molecule has 0 radical (unpaired) electrons. The maximum absolute atomic E-state index is 11.5. The molecule has 4 aromatic rings.